The number of hydrogen-bond acceptors (Lipinski definition) is 2. The SMILES string of the molecule is CC(=C(N)Nc1ccccc1C(F)(F)F)[N+](C)(C)C. The number of benzene rings is 1. The molecule has 1 aromatic rings. The molecule has 0 heterocycles. The molecular weight excluding hydrogens is 255 g/mol. The highest BCUT2D eigenvalue weighted by Gasteiger charge is 2.33. The van der Waals surface area contributed by atoms with Crippen LogP contribution in [0.1, 0.15) is 12.5 Å². The van der Waals surface area contributed by atoms with Crippen LogP contribution in [0.2, 0.25) is 0 Å². The number of hydrogen-bond donors (Lipinski definition) is 2. The summed E-state index contributed by atoms with van der Waals surface area (Å²) >= 11 is 0. The number of quaternary nitrogens is 1. The molecule has 0 saturated heterocycles. The minimum Gasteiger partial charge on any atom is -0.381 e. The van der Waals surface area contributed by atoms with E-state index in [9.17, 15) is 13.2 Å². The molecule has 0 bridgehead atoms. The average molecular weight is 274 g/mol. The van der Waals surface area contributed by atoms with E-state index in [0.29, 0.717) is 4.48 Å². The van der Waals surface area contributed by atoms with Gasteiger partial charge in [0.2, 0.25) is 0 Å². The molecule has 3 N–H and O–H groups in total. The van der Waals surface area contributed by atoms with Crippen LogP contribution in [0.25, 0.3) is 0 Å². The second kappa shape index (κ2) is 5.13. The van der Waals surface area contributed by atoms with Gasteiger partial charge in [0, 0.05) is 6.92 Å². The van der Waals surface area contributed by atoms with Crippen LogP contribution in [-0.4, -0.2) is 25.6 Å². The first-order valence-corrected chi connectivity index (χ1v) is 5.75. The first-order chi connectivity index (χ1) is 8.53. The summed E-state index contributed by atoms with van der Waals surface area (Å²) in [6.07, 6.45) is -4.41. The van der Waals surface area contributed by atoms with Crippen LogP contribution in [0.15, 0.2) is 35.8 Å². The van der Waals surface area contributed by atoms with Gasteiger partial charge in [0.05, 0.1) is 32.4 Å². The Morgan fingerprint density at radius 2 is 1.68 bits per heavy atom. The highest BCUT2D eigenvalue weighted by molar-refractivity contribution is 5.55. The molecule has 0 atom stereocenters. The van der Waals surface area contributed by atoms with Crippen molar-refractivity contribution in [2.24, 2.45) is 5.73 Å². The summed E-state index contributed by atoms with van der Waals surface area (Å²) in [6, 6.07) is 5.27. The van der Waals surface area contributed by atoms with Crippen molar-refractivity contribution in [3.8, 4) is 0 Å². The Morgan fingerprint density at radius 1 is 1.16 bits per heavy atom. The molecule has 0 aromatic heterocycles. The number of nitrogens with zero attached hydrogens (tertiary/aromatic N) is 1. The first-order valence-electron chi connectivity index (χ1n) is 5.75. The summed E-state index contributed by atoms with van der Waals surface area (Å²) in [6.45, 7) is 1.78. The minimum absolute atomic E-state index is 0.0414. The lowest BCUT2D eigenvalue weighted by atomic mass is 10.1. The van der Waals surface area contributed by atoms with Gasteiger partial charge in [0.1, 0.15) is 5.70 Å². The number of nitrogens with two attached hydrogens (primary N) is 1. The Bertz CT molecular complexity index is 485. The predicted octanol–water partition coefficient (Wildman–Crippen LogP) is 2.97. The van der Waals surface area contributed by atoms with Crippen molar-refractivity contribution >= 4 is 5.69 Å². The number of rotatable bonds is 3. The molecule has 0 aliphatic carbocycles. The zero-order chi connectivity index (χ0) is 14.8. The standard InChI is InChI=1S/C13H19F3N3/c1-9(19(2,3)4)12(17)18-11-8-6-5-7-10(11)13(14,15)16/h5-8,18H,17H2,1-4H3/q+1. The second-order valence-corrected chi connectivity index (χ2v) is 5.18. The third-order valence-electron chi connectivity index (χ3n) is 2.90. The van der Waals surface area contributed by atoms with Crippen LogP contribution in [0.4, 0.5) is 18.9 Å². The highest BCUT2D eigenvalue weighted by Crippen LogP contribution is 2.35. The van der Waals surface area contributed by atoms with E-state index in [1.165, 1.54) is 18.2 Å². The van der Waals surface area contributed by atoms with Crippen LogP contribution < -0.4 is 11.1 Å². The zero-order valence-electron chi connectivity index (χ0n) is 11.5. The van der Waals surface area contributed by atoms with Crippen molar-refractivity contribution in [3.05, 3.63) is 41.3 Å². The average Bonchev–Trinajstić information content (AvgIpc) is 2.26. The third-order valence-corrected chi connectivity index (χ3v) is 2.90. The zero-order valence-corrected chi connectivity index (χ0v) is 11.5. The molecule has 19 heavy (non-hydrogen) atoms. The fourth-order valence-electron chi connectivity index (χ4n) is 1.44. The van der Waals surface area contributed by atoms with E-state index in [1.807, 2.05) is 21.1 Å². The Morgan fingerprint density at radius 3 is 2.16 bits per heavy atom. The van der Waals surface area contributed by atoms with Gasteiger partial charge in [0.15, 0.2) is 5.82 Å². The van der Waals surface area contributed by atoms with Gasteiger partial charge in [-0.2, -0.15) is 13.2 Å². The van der Waals surface area contributed by atoms with E-state index in [2.05, 4.69) is 5.32 Å². The van der Waals surface area contributed by atoms with E-state index >= 15 is 0 Å². The number of halogens is 3. The number of anilines is 1. The lowest BCUT2D eigenvalue weighted by Gasteiger charge is -2.26. The quantitative estimate of drug-likeness (QED) is 0.832. The van der Waals surface area contributed by atoms with Crippen molar-refractivity contribution < 1.29 is 17.7 Å². The maximum atomic E-state index is 12.8. The molecule has 106 valence electrons. The summed E-state index contributed by atoms with van der Waals surface area (Å²) in [7, 11) is 5.67. The van der Waals surface area contributed by atoms with Gasteiger partial charge < -0.3 is 11.1 Å². The van der Waals surface area contributed by atoms with Gasteiger partial charge in [-0.1, -0.05) is 12.1 Å². The van der Waals surface area contributed by atoms with Gasteiger partial charge in [0.25, 0.3) is 0 Å². The Labute approximate surface area is 111 Å². The van der Waals surface area contributed by atoms with Gasteiger partial charge in [-0.25, -0.2) is 0 Å². The van der Waals surface area contributed by atoms with Crippen LogP contribution in [0.5, 0.6) is 0 Å². The normalized spacial score (nSPS) is 14.1. The highest BCUT2D eigenvalue weighted by atomic mass is 19.4. The van der Waals surface area contributed by atoms with Crippen molar-refractivity contribution in [1.29, 1.82) is 0 Å². The van der Waals surface area contributed by atoms with Gasteiger partial charge in [-0.3, -0.25) is 4.48 Å². The molecule has 0 unspecified atom stereocenters. The number of alkyl halides is 3. The Hall–Kier alpha value is -1.69. The van der Waals surface area contributed by atoms with E-state index < -0.39 is 11.7 Å². The molecule has 1 aromatic carbocycles. The van der Waals surface area contributed by atoms with Gasteiger partial charge in [-0.05, 0) is 12.1 Å². The molecule has 0 fully saturated rings. The molecule has 3 nitrogen and oxygen atoms in total. The molecule has 1 rings (SSSR count). The summed E-state index contributed by atoms with van der Waals surface area (Å²) in [5.41, 5.74) is 5.81. The molecule has 0 aliphatic heterocycles. The van der Waals surface area contributed by atoms with E-state index in [0.717, 1.165) is 11.8 Å². The van der Waals surface area contributed by atoms with Crippen LogP contribution in [-0.2, 0) is 6.18 Å². The fourth-order valence-corrected chi connectivity index (χ4v) is 1.44. The monoisotopic (exact) mass is 274 g/mol. The van der Waals surface area contributed by atoms with E-state index in [1.54, 1.807) is 6.92 Å². The van der Waals surface area contributed by atoms with Crippen LogP contribution in [0, 0.1) is 0 Å². The largest absolute Gasteiger partial charge is 0.418 e. The predicted molar refractivity (Wildman–Crippen MR) is 70.0 cm³/mol. The van der Waals surface area contributed by atoms with Gasteiger partial charge >= 0.3 is 6.18 Å². The van der Waals surface area contributed by atoms with Crippen molar-refractivity contribution in [1.82, 2.24) is 0 Å². The van der Waals surface area contributed by atoms with Crippen LogP contribution >= 0.6 is 0 Å². The first kappa shape index (κ1) is 15.4. The van der Waals surface area contributed by atoms with Crippen molar-refractivity contribution in [2.45, 2.75) is 13.1 Å². The molecule has 0 amide bonds. The molecule has 0 spiro atoms. The maximum absolute atomic E-state index is 12.8. The smallest absolute Gasteiger partial charge is 0.381 e. The van der Waals surface area contributed by atoms with E-state index in [-0.39, 0.29) is 11.5 Å². The van der Waals surface area contributed by atoms with Crippen molar-refractivity contribution in [2.75, 3.05) is 26.5 Å². The van der Waals surface area contributed by atoms with Gasteiger partial charge in [-0.15, -0.1) is 0 Å². The minimum atomic E-state index is -4.41. The second-order valence-electron chi connectivity index (χ2n) is 5.18. The Balaban J connectivity index is 3.15. The number of allylic oxidation sites excluding steroid dienone is 1. The lowest BCUT2D eigenvalue weighted by Crippen LogP contribution is -2.35. The third kappa shape index (κ3) is 3.89. The molecule has 6 heteroatoms. The summed E-state index contributed by atoms with van der Waals surface area (Å²) < 4.78 is 38.9. The molecule has 0 saturated carbocycles. The molecule has 0 radical (unpaired) electrons. The number of para-hydroxylation sites is 1. The van der Waals surface area contributed by atoms with E-state index in [4.69, 9.17) is 5.73 Å². The van der Waals surface area contributed by atoms with Crippen LogP contribution in [0.3, 0.4) is 0 Å². The number of nitrogens with one attached hydrogen (secondary N) is 1. The fraction of sp³-hybridized carbons (Fsp3) is 0.385. The lowest BCUT2D eigenvalue weighted by molar-refractivity contribution is -0.831. The van der Waals surface area contributed by atoms with Crippen molar-refractivity contribution in [3.63, 3.8) is 0 Å². The topological polar surface area (TPSA) is 38.0 Å². The Kier molecular flexibility index (Phi) is 4.15. The summed E-state index contributed by atoms with van der Waals surface area (Å²) in [4.78, 5) is 0. The summed E-state index contributed by atoms with van der Waals surface area (Å²) in [5, 5.41) is 2.65. The maximum Gasteiger partial charge on any atom is 0.418 e. The summed E-state index contributed by atoms with van der Waals surface area (Å²) in [5.74, 6) is 0.226. The molecule has 0 aliphatic rings. The molecular formula is C13H19F3N3+.